The van der Waals surface area contributed by atoms with E-state index in [-0.39, 0.29) is 0 Å². The van der Waals surface area contributed by atoms with Crippen LogP contribution < -0.4 is 0 Å². The highest BCUT2D eigenvalue weighted by Gasteiger charge is 2.07. The zero-order valence-electron chi connectivity index (χ0n) is 9.34. The number of fused-ring (bicyclic) bond motifs is 1. The molecule has 0 radical (unpaired) electrons. The monoisotopic (exact) mass is 246 g/mol. The van der Waals surface area contributed by atoms with Crippen molar-refractivity contribution in [2.24, 2.45) is 7.05 Å². The van der Waals surface area contributed by atoms with Gasteiger partial charge in [0.05, 0.1) is 30.1 Å². The molecule has 0 aliphatic heterocycles. The lowest BCUT2D eigenvalue weighted by Gasteiger charge is -2.04. The normalized spacial score (nSPS) is 11.2. The summed E-state index contributed by atoms with van der Waals surface area (Å²) in [5.74, 6) is 0.915. The average Bonchev–Trinajstić information content (AvgIpc) is 2.89. The molecule has 0 unspecified atom stereocenters. The molecule has 3 rings (SSSR count). The lowest BCUT2D eigenvalue weighted by Crippen LogP contribution is -2.05. The third-order valence-corrected chi connectivity index (χ3v) is 3.22. The van der Waals surface area contributed by atoms with Crippen LogP contribution in [0.1, 0.15) is 5.82 Å². The fourth-order valence-corrected chi connectivity index (χ4v) is 2.01. The highest BCUT2D eigenvalue weighted by atomic mass is 35.5. The van der Waals surface area contributed by atoms with Crippen molar-refractivity contribution in [3.8, 4) is 0 Å². The summed E-state index contributed by atoms with van der Waals surface area (Å²) < 4.78 is 3.93. The molecule has 4 nitrogen and oxygen atoms in total. The summed E-state index contributed by atoms with van der Waals surface area (Å²) >= 11 is 5.96. The van der Waals surface area contributed by atoms with Gasteiger partial charge in [-0.1, -0.05) is 23.7 Å². The van der Waals surface area contributed by atoms with Gasteiger partial charge in [0.2, 0.25) is 0 Å². The van der Waals surface area contributed by atoms with Gasteiger partial charge < -0.3 is 9.13 Å². The first-order valence-electron chi connectivity index (χ1n) is 5.31. The first-order chi connectivity index (χ1) is 8.25. The van der Waals surface area contributed by atoms with Gasteiger partial charge in [-0.25, -0.2) is 9.97 Å². The summed E-state index contributed by atoms with van der Waals surface area (Å²) in [5.41, 5.74) is 2.10. The Balaban J connectivity index is 2.03. The fourth-order valence-electron chi connectivity index (χ4n) is 1.86. The molecule has 0 fully saturated rings. The van der Waals surface area contributed by atoms with Crippen molar-refractivity contribution in [2.45, 2.75) is 6.54 Å². The summed E-state index contributed by atoms with van der Waals surface area (Å²) in [7, 11) is 1.91. The Morgan fingerprint density at radius 1 is 1.24 bits per heavy atom. The second kappa shape index (κ2) is 3.89. The van der Waals surface area contributed by atoms with E-state index < -0.39 is 0 Å². The molecule has 0 aliphatic carbocycles. The minimum absolute atomic E-state index is 0.643. The first-order valence-corrected chi connectivity index (χ1v) is 5.69. The van der Waals surface area contributed by atoms with E-state index in [1.807, 2.05) is 42.2 Å². The maximum atomic E-state index is 5.96. The van der Waals surface area contributed by atoms with Crippen molar-refractivity contribution in [1.29, 1.82) is 0 Å². The SMILES string of the molecule is Cn1c(Cl)cnc1Cn1cnc2ccccc21. The molecule has 17 heavy (non-hydrogen) atoms. The number of aromatic nitrogens is 4. The molecule has 0 amide bonds. The predicted octanol–water partition coefficient (Wildman–Crippen LogP) is 2.47. The zero-order valence-corrected chi connectivity index (χ0v) is 10.1. The van der Waals surface area contributed by atoms with E-state index in [1.165, 1.54) is 0 Å². The third kappa shape index (κ3) is 1.70. The number of imidazole rings is 2. The molecule has 5 heteroatoms. The van der Waals surface area contributed by atoms with E-state index in [0.29, 0.717) is 11.7 Å². The third-order valence-electron chi connectivity index (χ3n) is 2.87. The van der Waals surface area contributed by atoms with Crippen molar-refractivity contribution in [3.63, 3.8) is 0 Å². The molecule has 0 aliphatic rings. The van der Waals surface area contributed by atoms with Crippen molar-refractivity contribution < 1.29 is 0 Å². The molecule has 2 heterocycles. The number of hydrogen-bond acceptors (Lipinski definition) is 2. The summed E-state index contributed by atoms with van der Waals surface area (Å²) in [6.07, 6.45) is 3.49. The molecule has 0 saturated heterocycles. The highest BCUT2D eigenvalue weighted by Crippen LogP contribution is 2.15. The van der Waals surface area contributed by atoms with E-state index in [9.17, 15) is 0 Å². The second-order valence-corrected chi connectivity index (χ2v) is 4.30. The molecule has 3 aromatic rings. The maximum absolute atomic E-state index is 5.96. The smallest absolute Gasteiger partial charge is 0.129 e. The molecule has 0 N–H and O–H groups in total. The summed E-state index contributed by atoms with van der Waals surface area (Å²) in [4.78, 5) is 8.62. The van der Waals surface area contributed by atoms with Gasteiger partial charge in [0, 0.05) is 7.05 Å². The minimum atomic E-state index is 0.643. The molecule has 1 aromatic carbocycles. The Bertz CT molecular complexity index is 668. The van der Waals surface area contributed by atoms with E-state index in [2.05, 4.69) is 14.5 Å². The van der Waals surface area contributed by atoms with Crippen LogP contribution in [0.5, 0.6) is 0 Å². The number of nitrogens with zero attached hydrogens (tertiary/aromatic N) is 4. The van der Waals surface area contributed by atoms with E-state index in [0.717, 1.165) is 16.9 Å². The van der Waals surface area contributed by atoms with E-state index in [4.69, 9.17) is 11.6 Å². The van der Waals surface area contributed by atoms with Crippen molar-refractivity contribution >= 4 is 22.6 Å². The lowest BCUT2D eigenvalue weighted by molar-refractivity contribution is 0.714. The summed E-state index contributed by atoms with van der Waals surface area (Å²) in [6, 6.07) is 8.04. The van der Waals surface area contributed by atoms with Crippen LogP contribution in [0.25, 0.3) is 11.0 Å². The maximum Gasteiger partial charge on any atom is 0.129 e. The van der Waals surface area contributed by atoms with Gasteiger partial charge in [-0.15, -0.1) is 0 Å². The Hall–Kier alpha value is -1.81. The van der Waals surface area contributed by atoms with Crippen LogP contribution in [0.4, 0.5) is 0 Å². The van der Waals surface area contributed by atoms with Crippen LogP contribution in [-0.2, 0) is 13.6 Å². The highest BCUT2D eigenvalue weighted by molar-refractivity contribution is 6.29. The number of halogens is 1. The standard InChI is InChI=1S/C12H11ClN4/c1-16-11(13)6-14-12(16)7-17-8-15-9-4-2-3-5-10(9)17/h2-6,8H,7H2,1H3. The first kappa shape index (κ1) is 10.4. The molecular weight excluding hydrogens is 236 g/mol. The van der Waals surface area contributed by atoms with Crippen LogP contribution in [-0.4, -0.2) is 19.1 Å². The van der Waals surface area contributed by atoms with Gasteiger partial charge >= 0.3 is 0 Å². The quantitative estimate of drug-likeness (QED) is 0.696. The number of rotatable bonds is 2. The molecule has 2 aromatic heterocycles. The Morgan fingerprint density at radius 2 is 2.06 bits per heavy atom. The number of hydrogen-bond donors (Lipinski definition) is 0. The summed E-state index contributed by atoms with van der Waals surface area (Å²) in [5, 5.41) is 0.643. The van der Waals surface area contributed by atoms with Crippen LogP contribution in [0, 0.1) is 0 Å². The molecule has 0 spiro atoms. The van der Waals surface area contributed by atoms with Gasteiger partial charge in [-0.3, -0.25) is 0 Å². The van der Waals surface area contributed by atoms with Crippen LogP contribution in [0.15, 0.2) is 36.8 Å². The van der Waals surface area contributed by atoms with Gasteiger partial charge in [0.25, 0.3) is 0 Å². The Kier molecular flexibility index (Phi) is 2.37. The van der Waals surface area contributed by atoms with Crippen molar-refractivity contribution in [2.75, 3.05) is 0 Å². The largest absolute Gasteiger partial charge is 0.323 e. The molecule has 0 bridgehead atoms. The van der Waals surface area contributed by atoms with Crippen molar-refractivity contribution in [1.82, 2.24) is 19.1 Å². The van der Waals surface area contributed by atoms with Crippen molar-refractivity contribution in [3.05, 3.63) is 47.8 Å². The lowest BCUT2D eigenvalue weighted by atomic mass is 10.3. The van der Waals surface area contributed by atoms with Gasteiger partial charge in [-0.2, -0.15) is 0 Å². The van der Waals surface area contributed by atoms with E-state index >= 15 is 0 Å². The van der Waals surface area contributed by atoms with Gasteiger partial charge in [0.1, 0.15) is 11.0 Å². The summed E-state index contributed by atoms with van der Waals surface area (Å²) in [6.45, 7) is 0.670. The molecule has 86 valence electrons. The van der Waals surface area contributed by atoms with Gasteiger partial charge in [0.15, 0.2) is 0 Å². The van der Waals surface area contributed by atoms with Crippen LogP contribution in [0.2, 0.25) is 5.15 Å². The number of benzene rings is 1. The molecular formula is C12H11ClN4. The molecule has 0 saturated carbocycles. The minimum Gasteiger partial charge on any atom is -0.323 e. The number of para-hydroxylation sites is 2. The molecule has 0 atom stereocenters. The van der Waals surface area contributed by atoms with Crippen LogP contribution in [0.3, 0.4) is 0 Å². The Labute approximate surface area is 103 Å². The topological polar surface area (TPSA) is 35.6 Å². The Morgan fingerprint density at radius 3 is 2.82 bits per heavy atom. The van der Waals surface area contributed by atoms with Gasteiger partial charge in [-0.05, 0) is 12.1 Å². The zero-order chi connectivity index (χ0) is 11.8. The average molecular weight is 247 g/mol. The van der Waals surface area contributed by atoms with E-state index in [1.54, 1.807) is 6.20 Å². The second-order valence-electron chi connectivity index (χ2n) is 3.92. The fraction of sp³-hybridized carbons (Fsp3) is 0.167. The predicted molar refractivity (Wildman–Crippen MR) is 67.1 cm³/mol. The van der Waals surface area contributed by atoms with Crippen LogP contribution >= 0.6 is 11.6 Å².